The van der Waals surface area contributed by atoms with Crippen LogP contribution in [0.4, 0.5) is 0 Å². The van der Waals surface area contributed by atoms with E-state index in [-0.39, 0.29) is 12.6 Å². The molecule has 0 spiro atoms. The standard InChI is InChI=1S/C13H19NO/c1-14-13(7-8-15)12-4-2-3-11(9-12)10-5-6-10/h2-4,9-10,13-15H,5-8H2,1H3. The highest BCUT2D eigenvalue weighted by Gasteiger charge is 2.23. The minimum Gasteiger partial charge on any atom is -0.396 e. The highest BCUT2D eigenvalue weighted by molar-refractivity contribution is 5.30. The molecule has 1 aliphatic carbocycles. The molecule has 15 heavy (non-hydrogen) atoms. The van der Waals surface area contributed by atoms with Crippen LogP contribution < -0.4 is 5.32 Å². The lowest BCUT2D eigenvalue weighted by Gasteiger charge is -2.16. The van der Waals surface area contributed by atoms with E-state index < -0.39 is 0 Å². The molecule has 0 amide bonds. The zero-order valence-corrected chi connectivity index (χ0v) is 9.24. The molecule has 1 unspecified atom stereocenters. The van der Waals surface area contributed by atoms with Crippen molar-refractivity contribution in [2.75, 3.05) is 13.7 Å². The van der Waals surface area contributed by atoms with Gasteiger partial charge in [0.2, 0.25) is 0 Å². The fraction of sp³-hybridized carbons (Fsp3) is 0.538. The predicted molar refractivity (Wildman–Crippen MR) is 61.9 cm³/mol. The number of benzene rings is 1. The van der Waals surface area contributed by atoms with Crippen molar-refractivity contribution in [1.82, 2.24) is 5.32 Å². The third-order valence-corrected chi connectivity index (χ3v) is 3.13. The number of hydrogen-bond donors (Lipinski definition) is 2. The molecule has 0 aliphatic heterocycles. The molecule has 1 saturated carbocycles. The summed E-state index contributed by atoms with van der Waals surface area (Å²) in [6, 6.07) is 9.06. The van der Waals surface area contributed by atoms with Gasteiger partial charge in [0, 0.05) is 12.6 Å². The largest absolute Gasteiger partial charge is 0.396 e. The van der Waals surface area contributed by atoms with Crippen LogP contribution in [0, 0.1) is 0 Å². The van der Waals surface area contributed by atoms with Gasteiger partial charge in [-0.2, -0.15) is 0 Å². The molecule has 0 saturated heterocycles. The van der Waals surface area contributed by atoms with E-state index >= 15 is 0 Å². The van der Waals surface area contributed by atoms with E-state index in [0.29, 0.717) is 0 Å². The fourth-order valence-electron chi connectivity index (χ4n) is 2.05. The molecular weight excluding hydrogens is 186 g/mol. The maximum atomic E-state index is 8.98. The Morgan fingerprint density at radius 1 is 1.47 bits per heavy atom. The third kappa shape index (κ3) is 2.58. The van der Waals surface area contributed by atoms with Gasteiger partial charge in [-0.05, 0) is 43.4 Å². The molecule has 0 heterocycles. The van der Waals surface area contributed by atoms with Gasteiger partial charge in [-0.3, -0.25) is 0 Å². The lowest BCUT2D eigenvalue weighted by molar-refractivity contribution is 0.269. The second-order valence-corrected chi connectivity index (χ2v) is 4.30. The molecule has 2 heteroatoms. The molecule has 2 rings (SSSR count). The maximum Gasteiger partial charge on any atom is 0.0449 e. The summed E-state index contributed by atoms with van der Waals surface area (Å²) >= 11 is 0. The summed E-state index contributed by atoms with van der Waals surface area (Å²) in [7, 11) is 1.95. The smallest absolute Gasteiger partial charge is 0.0449 e. The molecule has 2 N–H and O–H groups in total. The number of rotatable bonds is 5. The second-order valence-electron chi connectivity index (χ2n) is 4.30. The summed E-state index contributed by atoms with van der Waals surface area (Å²) < 4.78 is 0. The Balaban J connectivity index is 2.14. The summed E-state index contributed by atoms with van der Waals surface area (Å²) in [4.78, 5) is 0. The van der Waals surface area contributed by atoms with E-state index in [9.17, 15) is 0 Å². The Morgan fingerprint density at radius 2 is 2.27 bits per heavy atom. The van der Waals surface area contributed by atoms with Crippen LogP contribution in [0.3, 0.4) is 0 Å². The monoisotopic (exact) mass is 205 g/mol. The molecule has 1 atom stereocenters. The van der Waals surface area contributed by atoms with Gasteiger partial charge in [0.1, 0.15) is 0 Å². The number of aliphatic hydroxyl groups excluding tert-OH is 1. The molecular formula is C13H19NO. The Hall–Kier alpha value is -0.860. The third-order valence-electron chi connectivity index (χ3n) is 3.13. The highest BCUT2D eigenvalue weighted by Crippen LogP contribution is 2.40. The first-order valence-corrected chi connectivity index (χ1v) is 5.73. The van der Waals surface area contributed by atoms with Gasteiger partial charge >= 0.3 is 0 Å². The summed E-state index contributed by atoms with van der Waals surface area (Å²) in [6.45, 7) is 0.235. The molecule has 0 radical (unpaired) electrons. The van der Waals surface area contributed by atoms with Crippen molar-refractivity contribution in [3.63, 3.8) is 0 Å². The zero-order chi connectivity index (χ0) is 10.7. The predicted octanol–water partition coefficient (Wildman–Crippen LogP) is 2.21. The van der Waals surface area contributed by atoms with E-state index in [1.165, 1.54) is 24.0 Å². The van der Waals surface area contributed by atoms with Crippen LogP contribution in [-0.4, -0.2) is 18.8 Å². The fourth-order valence-corrected chi connectivity index (χ4v) is 2.05. The number of nitrogens with one attached hydrogen (secondary N) is 1. The molecule has 1 fully saturated rings. The minimum atomic E-state index is 0.235. The number of hydrogen-bond acceptors (Lipinski definition) is 2. The molecule has 1 aliphatic rings. The Labute approximate surface area is 91.3 Å². The van der Waals surface area contributed by atoms with Gasteiger partial charge in [-0.25, -0.2) is 0 Å². The Bertz CT molecular complexity index is 320. The average molecular weight is 205 g/mol. The average Bonchev–Trinajstić information content (AvgIpc) is 3.10. The number of aliphatic hydroxyl groups is 1. The van der Waals surface area contributed by atoms with Gasteiger partial charge in [0.25, 0.3) is 0 Å². The van der Waals surface area contributed by atoms with Gasteiger partial charge in [-0.1, -0.05) is 24.3 Å². The quantitative estimate of drug-likeness (QED) is 0.772. The minimum absolute atomic E-state index is 0.235. The molecule has 1 aromatic rings. The molecule has 0 bridgehead atoms. The normalized spacial score (nSPS) is 17.7. The SMILES string of the molecule is CNC(CCO)c1cccc(C2CC2)c1. The van der Waals surface area contributed by atoms with Crippen LogP contribution in [0.1, 0.15) is 42.3 Å². The van der Waals surface area contributed by atoms with E-state index in [0.717, 1.165) is 12.3 Å². The van der Waals surface area contributed by atoms with Crippen molar-refractivity contribution >= 4 is 0 Å². The van der Waals surface area contributed by atoms with E-state index in [4.69, 9.17) is 5.11 Å². The van der Waals surface area contributed by atoms with Gasteiger partial charge in [0.15, 0.2) is 0 Å². The van der Waals surface area contributed by atoms with Crippen molar-refractivity contribution in [3.05, 3.63) is 35.4 Å². The molecule has 1 aromatic carbocycles. The highest BCUT2D eigenvalue weighted by atomic mass is 16.3. The van der Waals surface area contributed by atoms with Gasteiger partial charge in [-0.15, -0.1) is 0 Å². The van der Waals surface area contributed by atoms with E-state index in [2.05, 4.69) is 29.6 Å². The van der Waals surface area contributed by atoms with Crippen LogP contribution in [0.25, 0.3) is 0 Å². The van der Waals surface area contributed by atoms with Gasteiger partial charge in [0.05, 0.1) is 0 Å². The molecule has 2 nitrogen and oxygen atoms in total. The topological polar surface area (TPSA) is 32.3 Å². The summed E-state index contributed by atoms with van der Waals surface area (Å²) in [5.74, 6) is 0.802. The van der Waals surface area contributed by atoms with Crippen LogP contribution in [0.2, 0.25) is 0 Å². The van der Waals surface area contributed by atoms with E-state index in [1.54, 1.807) is 0 Å². The summed E-state index contributed by atoms with van der Waals surface area (Å²) in [5.41, 5.74) is 2.77. The summed E-state index contributed by atoms with van der Waals surface area (Å²) in [6.07, 6.45) is 3.46. The first-order valence-electron chi connectivity index (χ1n) is 5.73. The van der Waals surface area contributed by atoms with Crippen LogP contribution in [-0.2, 0) is 0 Å². The van der Waals surface area contributed by atoms with E-state index in [1.807, 2.05) is 7.05 Å². The Morgan fingerprint density at radius 3 is 2.87 bits per heavy atom. The molecule has 82 valence electrons. The van der Waals surface area contributed by atoms with Crippen LogP contribution in [0.15, 0.2) is 24.3 Å². The van der Waals surface area contributed by atoms with Crippen molar-refractivity contribution in [2.24, 2.45) is 0 Å². The second kappa shape index (κ2) is 4.77. The van der Waals surface area contributed by atoms with Crippen molar-refractivity contribution < 1.29 is 5.11 Å². The molecule has 0 aromatic heterocycles. The lowest BCUT2D eigenvalue weighted by atomic mass is 10.00. The Kier molecular flexibility index (Phi) is 3.39. The zero-order valence-electron chi connectivity index (χ0n) is 9.24. The van der Waals surface area contributed by atoms with Crippen LogP contribution >= 0.6 is 0 Å². The van der Waals surface area contributed by atoms with Crippen molar-refractivity contribution in [1.29, 1.82) is 0 Å². The maximum absolute atomic E-state index is 8.98. The van der Waals surface area contributed by atoms with Crippen LogP contribution in [0.5, 0.6) is 0 Å². The van der Waals surface area contributed by atoms with Crippen molar-refractivity contribution in [2.45, 2.75) is 31.2 Å². The first-order chi connectivity index (χ1) is 7.35. The lowest BCUT2D eigenvalue weighted by Crippen LogP contribution is -2.17. The van der Waals surface area contributed by atoms with Crippen molar-refractivity contribution in [3.8, 4) is 0 Å². The summed E-state index contributed by atoms with van der Waals surface area (Å²) in [5, 5.41) is 12.2. The van der Waals surface area contributed by atoms with Gasteiger partial charge < -0.3 is 10.4 Å². The first kappa shape index (κ1) is 10.7.